The van der Waals surface area contributed by atoms with Gasteiger partial charge >= 0.3 is 6.16 Å². The molecule has 1 rings (SSSR count). The Kier molecular flexibility index (Phi) is 4.30. The number of methoxy groups -OCH3 is 2. The van der Waals surface area contributed by atoms with Crippen molar-refractivity contribution >= 4 is 11.8 Å². The van der Waals surface area contributed by atoms with Gasteiger partial charge in [-0.25, -0.2) is 4.79 Å². The van der Waals surface area contributed by atoms with Gasteiger partial charge in [0, 0.05) is 0 Å². The Labute approximate surface area is 102 Å². The van der Waals surface area contributed by atoms with Crippen LogP contribution in [0.4, 0.5) is 10.5 Å². The van der Waals surface area contributed by atoms with E-state index in [0.717, 1.165) is 6.07 Å². The fraction of sp³-hybridized carbons (Fsp3) is 0.300. The summed E-state index contributed by atoms with van der Waals surface area (Å²) in [4.78, 5) is 20.5. The highest BCUT2D eigenvalue weighted by Crippen LogP contribution is 2.34. The van der Waals surface area contributed by atoms with Crippen LogP contribution >= 0.6 is 0 Å². The summed E-state index contributed by atoms with van der Waals surface area (Å²) in [5.74, 6) is 0.440. The summed E-state index contributed by atoms with van der Waals surface area (Å²) in [6.45, 7) is -0.438. The SMILES string of the molecule is COc1cc(COC(=O)O)c([N+](=O)[O-])cc1OC. The Morgan fingerprint density at radius 2 is 1.89 bits per heavy atom. The zero-order valence-electron chi connectivity index (χ0n) is 9.71. The number of nitro groups is 1. The van der Waals surface area contributed by atoms with Gasteiger partial charge in [0.25, 0.3) is 5.69 Å². The van der Waals surface area contributed by atoms with Gasteiger partial charge in [0.15, 0.2) is 11.5 Å². The first-order valence-electron chi connectivity index (χ1n) is 4.74. The van der Waals surface area contributed by atoms with Crippen molar-refractivity contribution in [2.24, 2.45) is 0 Å². The first kappa shape index (κ1) is 13.6. The minimum absolute atomic E-state index is 0.0834. The summed E-state index contributed by atoms with van der Waals surface area (Å²) in [5, 5.41) is 19.2. The Hall–Kier alpha value is -2.51. The van der Waals surface area contributed by atoms with Crippen molar-refractivity contribution in [2.45, 2.75) is 6.61 Å². The molecule has 0 heterocycles. The van der Waals surface area contributed by atoms with Crippen molar-refractivity contribution < 1.29 is 29.0 Å². The van der Waals surface area contributed by atoms with E-state index in [1.165, 1.54) is 20.3 Å². The van der Waals surface area contributed by atoms with Crippen LogP contribution in [0.25, 0.3) is 0 Å². The molecular weight excluding hydrogens is 246 g/mol. The van der Waals surface area contributed by atoms with Crippen LogP contribution in [0.15, 0.2) is 12.1 Å². The molecule has 18 heavy (non-hydrogen) atoms. The van der Waals surface area contributed by atoms with Gasteiger partial charge in [0.05, 0.1) is 30.8 Å². The maximum atomic E-state index is 10.8. The van der Waals surface area contributed by atoms with Crippen LogP contribution in [0, 0.1) is 10.1 Å². The predicted molar refractivity (Wildman–Crippen MR) is 59.0 cm³/mol. The fourth-order valence-electron chi connectivity index (χ4n) is 1.34. The van der Waals surface area contributed by atoms with Gasteiger partial charge in [-0.1, -0.05) is 0 Å². The number of benzene rings is 1. The third-order valence-corrected chi connectivity index (χ3v) is 2.13. The minimum atomic E-state index is -1.51. The van der Waals surface area contributed by atoms with E-state index in [2.05, 4.69) is 4.74 Å². The molecule has 8 heteroatoms. The van der Waals surface area contributed by atoms with Crippen molar-refractivity contribution in [1.82, 2.24) is 0 Å². The number of carbonyl (C=O) groups is 1. The molecule has 0 aliphatic heterocycles. The zero-order valence-corrected chi connectivity index (χ0v) is 9.71. The standard InChI is InChI=1S/C10H11NO7/c1-16-8-3-6(5-18-10(12)13)7(11(14)15)4-9(8)17-2/h3-4H,5H2,1-2H3,(H,12,13). The maximum absolute atomic E-state index is 10.8. The molecule has 0 aliphatic rings. The Bertz CT molecular complexity index is 472. The molecular formula is C10H11NO7. The van der Waals surface area contributed by atoms with Crippen molar-refractivity contribution in [3.63, 3.8) is 0 Å². The number of rotatable bonds is 5. The second-order valence-electron chi connectivity index (χ2n) is 3.15. The van der Waals surface area contributed by atoms with Crippen molar-refractivity contribution in [3.05, 3.63) is 27.8 Å². The molecule has 0 aromatic heterocycles. The highest BCUT2D eigenvalue weighted by Gasteiger charge is 2.20. The van der Waals surface area contributed by atoms with Crippen LogP contribution in [0.2, 0.25) is 0 Å². The van der Waals surface area contributed by atoms with E-state index in [0.29, 0.717) is 0 Å². The molecule has 0 amide bonds. The lowest BCUT2D eigenvalue weighted by Crippen LogP contribution is -2.04. The van der Waals surface area contributed by atoms with Crippen LogP contribution in [0.3, 0.4) is 0 Å². The van der Waals surface area contributed by atoms with Crippen molar-refractivity contribution in [3.8, 4) is 11.5 Å². The quantitative estimate of drug-likeness (QED) is 0.486. The first-order valence-corrected chi connectivity index (χ1v) is 4.74. The molecule has 0 fully saturated rings. The first-order chi connectivity index (χ1) is 8.49. The summed E-state index contributed by atoms with van der Waals surface area (Å²) in [7, 11) is 2.71. The minimum Gasteiger partial charge on any atom is -0.493 e. The number of carboxylic acid groups (broad SMARTS) is 1. The molecule has 8 nitrogen and oxygen atoms in total. The van der Waals surface area contributed by atoms with E-state index >= 15 is 0 Å². The number of hydrogen-bond donors (Lipinski definition) is 1. The van der Waals surface area contributed by atoms with Crippen LogP contribution < -0.4 is 9.47 Å². The third kappa shape index (κ3) is 3.00. The lowest BCUT2D eigenvalue weighted by Gasteiger charge is -2.10. The number of nitro benzene ring substituents is 1. The van der Waals surface area contributed by atoms with E-state index in [1.807, 2.05) is 0 Å². The molecule has 0 saturated carbocycles. The third-order valence-electron chi connectivity index (χ3n) is 2.13. The summed E-state index contributed by atoms with van der Waals surface area (Å²) in [6, 6.07) is 2.46. The molecule has 0 atom stereocenters. The lowest BCUT2D eigenvalue weighted by atomic mass is 10.1. The average Bonchev–Trinajstić information content (AvgIpc) is 2.34. The van der Waals surface area contributed by atoms with E-state index in [1.54, 1.807) is 0 Å². The molecule has 0 radical (unpaired) electrons. The Morgan fingerprint density at radius 3 is 2.33 bits per heavy atom. The van der Waals surface area contributed by atoms with Gasteiger partial charge in [0.1, 0.15) is 6.61 Å². The van der Waals surface area contributed by atoms with Crippen molar-refractivity contribution in [1.29, 1.82) is 0 Å². The molecule has 0 bridgehead atoms. The van der Waals surface area contributed by atoms with E-state index < -0.39 is 17.7 Å². The van der Waals surface area contributed by atoms with Crippen molar-refractivity contribution in [2.75, 3.05) is 14.2 Å². The van der Waals surface area contributed by atoms with Gasteiger partial charge in [-0.05, 0) is 6.07 Å². The molecule has 0 aliphatic carbocycles. The van der Waals surface area contributed by atoms with Gasteiger partial charge in [0.2, 0.25) is 0 Å². The van der Waals surface area contributed by atoms with E-state index in [4.69, 9.17) is 14.6 Å². The highest BCUT2D eigenvalue weighted by molar-refractivity contribution is 5.58. The molecule has 0 saturated heterocycles. The summed E-state index contributed by atoms with van der Waals surface area (Å²) < 4.78 is 14.2. The monoisotopic (exact) mass is 257 g/mol. The van der Waals surface area contributed by atoms with E-state index in [9.17, 15) is 14.9 Å². The van der Waals surface area contributed by atoms with E-state index in [-0.39, 0.29) is 22.7 Å². The second-order valence-corrected chi connectivity index (χ2v) is 3.15. The molecule has 98 valence electrons. The Morgan fingerprint density at radius 1 is 1.33 bits per heavy atom. The lowest BCUT2D eigenvalue weighted by molar-refractivity contribution is -0.385. The van der Waals surface area contributed by atoms with Gasteiger partial charge < -0.3 is 19.3 Å². The largest absolute Gasteiger partial charge is 0.506 e. The van der Waals surface area contributed by atoms with Crippen LogP contribution in [0.1, 0.15) is 5.56 Å². The number of nitrogens with zero attached hydrogens (tertiary/aromatic N) is 1. The summed E-state index contributed by atoms with van der Waals surface area (Å²) in [6.07, 6.45) is -1.51. The normalized spacial score (nSPS) is 9.67. The van der Waals surface area contributed by atoms with Gasteiger partial charge in [-0.15, -0.1) is 0 Å². The van der Waals surface area contributed by atoms with Crippen LogP contribution in [-0.2, 0) is 11.3 Å². The zero-order chi connectivity index (χ0) is 13.7. The molecule has 0 spiro atoms. The number of hydrogen-bond acceptors (Lipinski definition) is 6. The van der Waals surface area contributed by atoms with Crippen LogP contribution in [-0.4, -0.2) is 30.4 Å². The number of ether oxygens (including phenoxy) is 3. The molecule has 1 aromatic rings. The fourth-order valence-corrected chi connectivity index (χ4v) is 1.34. The van der Waals surface area contributed by atoms with Gasteiger partial charge in [-0.2, -0.15) is 0 Å². The van der Waals surface area contributed by atoms with Crippen LogP contribution in [0.5, 0.6) is 11.5 Å². The summed E-state index contributed by atoms with van der Waals surface area (Å²) >= 11 is 0. The molecule has 1 aromatic carbocycles. The maximum Gasteiger partial charge on any atom is 0.506 e. The average molecular weight is 257 g/mol. The second kappa shape index (κ2) is 5.71. The highest BCUT2D eigenvalue weighted by atomic mass is 16.7. The Balaban J connectivity index is 3.20. The summed E-state index contributed by atoms with van der Waals surface area (Å²) in [5.41, 5.74) is -0.214. The predicted octanol–water partition coefficient (Wildman–Crippen LogP) is 1.81. The smallest absolute Gasteiger partial charge is 0.493 e. The topological polar surface area (TPSA) is 108 Å². The molecule has 0 unspecified atom stereocenters. The van der Waals surface area contributed by atoms with Gasteiger partial charge in [-0.3, -0.25) is 10.1 Å². The molecule has 1 N–H and O–H groups in total.